The van der Waals surface area contributed by atoms with E-state index < -0.39 is 28.7 Å². The van der Waals surface area contributed by atoms with Gasteiger partial charge in [-0.15, -0.1) is 0 Å². The van der Waals surface area contributed by atoms with Gasteiger partial charge in [0.15, 0.2) is 28.6 Å². The predicted molar refractivity (Wildman–Crippen MR) is 98.8 cm³/mol. The van der Waals surface area contributed by atoms with E-state index >= 15 is 0 Å². The number of benzene rings is 1. The van der Waals surface area contributed by atoms with Crippen molar-refractivity contribution >= 4 is 16.9 Å². The molecule has 0 aliphatic rings. The van der Waals surface area contributed by atoms with Gasteiger partial charge in [0, 0.05) is 13.1 Å². The van der Waals surface area contributed by atoms with Crippen LogP contribution in [0.4, 0.5) is 18.9 Å². The van der Waals surface area contributed by atoms with Crippen LogP contribution >= 0.6 is 0 Å². The molecule has 0 bridgehead atoms. The fourth-order valence-corrected chi connectivity index (χ4v) is 3.05. The van der Waals surface area contributed by atoms with Crippen molar-refractivity contribution < 1.29 is 13.2 Å². The summed E-state index contributed by atoms with van der Waals surface area (Å²) in [5.74, 6) is -3.82. The van der Waals surface area contributed by atoms with Crippen LogP contribution in [0.1, 0.15) is 32.5 Å². The number of aryl methyl sites for hydroxylation is 2. The second kappa shape index (κ2) is 7.91. The molecule has 2 N–H and O–H groups in total. The molecule has 2 aromatic heterocycles. The highest BCUT2D eigenvalue weighted by Crippen LogP contribution is 2.21. The van der Waals surface area contributed by atoms with Gasteiger partial charge in [0.25, 0.3) is 5.56 Å². The van der Waals surface area contributed by atoms with E-state index in [1.807, 2.05) is 6.92 Å². The summed E-state index contributed by atoms with van der Waals surface area (Å²) in [6, 6.07) is 1.90. The number of unbranched alkanes of at least 4 members (excludes halogenated alkanes) is 1. The van der Waals surface area contributed by atoms with Gasteiger partial charge < -0.3 is 9.88 Å². The molecule has 7 nitrogen and oxygen atoms in total. The van der Waals surface area contributed by atoms with E-state index in [4.69, 9.17) is 0 Å². The van der Waals surface area contributed by atoms with Crippen LogP contribution in [-0.4, -0.2) is 19.1 Å². The molecule has 0 aliphatic heterocycles. The number of fused-ring (bicyclic) bond motifs is 1. The topological polar surface area (TPSA) is 84.7 Å². The second-order valence-electron chi connectivity index (χ2n) is 6.29. The Kier molecular flexibility index (Phi) is 5.57. The van der Waals surface area contributed by atoms with Gasteiger partial charge in [0.05, 0.1) is 12.2 Å². The third-order valence-electron chi connectivity index (χ3n) is 4.49. The number of H-pyrrole nitrogens is 1. The molecular formula is C18H20F3N5O2. The molecule has 0 amide bonds. The molecule has 0 spiro atoms. The third kappa shape index (κ3) is 3.41. The van der Waals surface area contributed by atoms with E-state index in [0.717, 1.165) is 25.0 Å². The molecule has 0 saturated heterocycles. The summed E-state index contributed by atoms with van der Waals surface area (Å²) in [5, 5.41) is 2.67. The number of hydrogen-bond acceptors (Lipinski definition) is 4. The summed E-state index contributed by atoms with van der Waals surface area (Å²) in [6.07, 6.45) is 1.58. The van der Waals surface area contributed by atoms with Gasteiger partial charge in [-0.3, -0.25) is 14.3 Å². The van der Waals surface area contributed by atoms with Crippen LogP contribution in [0.5, 0.6) is 0 Å². The normalized spacial score (nSPS) is 11.3. The minimum absolute atomic E-state index is 0.0497. The molecule has 3 aromatic rings. The summed E-state index contributed by atoms with van der Waals surface area (Å²) in [7, 11) is 0. The van der Waals surface area contributed by atoms with Crippen molar-refractivity contribution in [1.29, 1.82) is 0 Å². The van der Waals surface area contributed by atoms with Crippen molar-refractivity contribution in [2.75, 3.05) is 5.32 Å². The Morgan fingerprint density at radius 2 is 1.86 bits per heavy atom. The van der Waals surface area contributed by atoms with Crippen LogP contribution in [-0.2, 0) is 19.6 Å². The maximum atomic E-state index is 13.9. The summed E-state index contributed by atoms with van der Waals surface area (Å²) >= 11 is 0. The number of halogens is 3. The standard InChI is InChI=1S/C18H20F3N5O2/c1-3-5-8-26-16-15(17(27)24-18(26)28)25(4-2)12(23-16)9-22-11-7-6-10(19)13(20)14(11)21/h6-7,22H,3-5,8-9H2,1-2H3,(H,24,27,28). The van der Waals surface area contributed by atoms with Crippen molar-refractivity contribution in [2.45, 2.75) is 46.3 Å². The Morgan fingerprint density at radius 3 is 2.54 bits per heavy atom. The summed E-state index contributed by atoms with van der Waals surface area (Å²) < 4.78 is 43.3. The number of nitrogens with zero attached hydrogens (tertiary/aromatic N) is 3. The molecule has 0 aliphatic carbocycles. The number of aromatic nitrogens is 4. The van der Waals surface area contributed by atoms with Gasteiger partial charge in [0.1, 0.15) is 5.82 Å². The molecule has 1 aromatic carbocycles. The minimum atomic E-state index is -1.57. The molecule has 150 valence electrons. The lowest BCUT2D eigenvalue weighted by molar-refractivity contribution is 0.449. The predicted octanol–water partition coefficient (Wildman–Crippen LogP) is 2.74. The van der Waals surface area contributed by atoms with Crippen LogP contribution in [0.2, 0.25) is 0 Å². The van der Waals surface area contributed by atoms with Crippen LogP contribution in [0.3, 0.4) is 0 Å². The van der Waals surface area contributed by atoms with E-state index in [1.165, 1.54) is 4.57 Å². The van der Waals surface area contributed by atoms with Gasteiger partial charge >= 0.3 is 5.69 Å². The first-order valence-electron chi connectivity index (χ1n) is 8.98. The van der Waals surface area contributed by atoms with E-state index in [9.17, 15) is 22.8 Å². The highest BCUT2D eigenvalue weighted by molar-refractivity contribution is 5.71. The summed E-state index contributed by atoms with van der Waals surface area (Å²) in [5.41, 5.74) is -0.858. The third-order valence-corrected chi connectivity index (χ3v) is 4.49. The molecule has 0 fully saturated rings. The van der Waals surface area contributed by atoms with Crippen LogP contribution in [0.15, 0.2) is 21.7 Å². The Balaban J connectivity index is 2.04. The Bertz CT molecular complexity index is 1130. The number of aromatic amines is 1. The highest BCUT2D eigenvalue weighted by atomic mass is 19.2. The largest absolute Gasteiger partial charge is 0.375 e. The van der Waals surface area contributed by atoms with E-state index in [-0.39, 0.29) is 23.4 Å². The molecule has 10 heteroatoms. The smallest absolute Gasteiger partial charge is 0.330 e. The zero-order chi connectivity index (χ0) is 20.4. The molecule has 3 rings (SSSR count). The van der Waals surface area contributed by atoms with Crippen molar-refractivity contribution in [3.8, 4) is 0 Å². The van der Waals surface area contributed by atoms with Gasteiger partial charge in [-0.25, -0.2) is 22.9 Å². The Labute approximate surface area is 157 Å². The van der Waals surface area contributed by atoms with Crippen LogP contribution < -0.4 is 16.6 Å². The lowest BCUT2D eigenvalue weighted by atomic mass is 10.3. The fraction of sp³-hybridized carbons (Fsp3) is 0.389. The lowest BCUT2D eigenvalue weighted by Gasteiger charge is -2.09. The average molecular weight is 395 g/mol. The Hall–Kier alpha value is -3.04. The molecule has 0 radical (unpaired) electrons. The van der Waals surface area contributed by atoms with Gasteiger partial charge in [-0.05, 0) is 25.5 Å². The average Bonchev–Trinajstić information content (AvgIpc) is 3.04. The van der Waals surface area contributed by atoms with Crippen LogP contribution in [0, 0.1) is 17.5 Å². The van der Waals surface area contributed by atoms with Crippen molar-refractivity contribution in [3.05, 3.63) is 56.2 Å². The van der Waals surface area contributed by atoms with Crippen molar-refractivity contribution in [2.24, 2.45) is 0 Å². The maximum Gasteiger partial charge on any atom is 0.330 e. The van der Waals surface area contributed by atoms with Gasteiger partial charge in [-0.2, -0.15) is 0 Å². The quantitative estimate of drug-likeness (QED) is 0.603. The SMILES string of the molecule is CCCCn1c(=O)[nH]c(=O)c2c1nc(CNc1ccc(F)c(F)c1F)n2CC. The number of imidazole rings is 1. The van der Waals surface area contributed by atoms with Gasteiger partial charge in [-0.1, -0.05) is 13.3 Å². The molecule has 28 heavy (non-hydrogen) atoms. The molecule has 0 unspecified atom stereocenters. The number of hydrogen-bond donors (Lipinski definition) is 2. The molecular weight excluding hydrogens is 375 g/mol. The van der Waals surface area contributed by atoms with Gasteiger partial charge in [0.2, 0.25) is 0 Å². The van der Waals surface area contributed by atoms with E-state index in [2.05, 4.69) is 15.3 Å². The second-order valence-corrected chi connectivity index (χ2v) is 6.29. The van der Waals surface area contributed by atoms with Crippen molar-refractivity contribution in [1.82, 2.24) is 19.1 Å². The fourth-order valence-electron chi connectivity index (χ4n) is 3.05. The first-order chi connectivity index (χ1) is 13.4. The summed E-state index contributed by atoms with van der Waals surface area (Å²) in [4.78, 5) is 31.2. The van der Waals surface area contributed by atoms with Crippen LogP contribution in [0.25, 0.3) is 11.2 Å². The maximum absolute atomic E-state index is 13.9. The zero-order valence-electron chi connectivity index (χ0n) is 15.5. The Morgan fingerprint density at radius 1 is 1.11 bits per heavy atom. The molecule has 0 atom stereocenters. The van der Waals surface area contributed by atoms with E-state index in [1.54, 1.807) is 11.5 Å². The highest BCUT2D eigenvalue weighted by Gasteiger charge is 2.19. The first kappa shape index (κ1) is 19.7. The minimum Gasteiger partial charge on any atom is -0.375 e. The number of rotatable bonds is 7. The first-order valence-corrected chi connectivity index (χ1v) is 8.98. The van der Waals surface area contributed by atoms with Crippen molar-refractivity contribution in [3.63, 3.8) is 0 Å². The summed E-state index contributed by atoms with van der Waals surface area (Å²) in [6.45, 7) is 4.50. The number of anilines is 1. The number of nitrogens with one attached hydrogen (secondary N) is 2. The molecule has 0 saturated carbocycles. The zero-order valence-corrected chi connectivity index (χ0v) is 15.5. The lowest BCUT2D eigenvalue weighted by Crippen LogP contribution is -2.31. The van der Waals surface area contributed by atoms with E-state index in [0.29, 0.717) is 18.9 Å². The monoisotopic (exact) mass is 395 g/mol. The molecule has 2 heterocycles.